The van der Waals surface area contributed by atoms with Gasteiger partial charge in [0.2, 0.25) is 0 Å². The van der Waals surface area contributed by atoms with Gasteiger partial charge in [0.15, 0.2) is 0 Å². The normalized spacial score (nSPS) is 19.2. The zero-order valence-corrected chi connectivity index (χ0v) is 28.3. The number of aryl methyl sites for hydroxylation is 2. The molecule has 3 aromatic heterocycles. The fourth-order valence-corrected chi connectivity index (χ4v) is 7.24. The first-order valence-corrected chi connectivity index (χ1v) is 16.8. The fourth-order valence-electron chi connectivity index (χ4n) is 7.24. The van der Waals surface area contributed by atoms with Crippen LogP contribution >= 0.6 is 0 Å². The van der Waals surface area contributed by atoms with E-state index in [0.29, 0.717) is 24.2 Å². The highest BCUT2D eigenvalue weighted by molar-refractivity contribution is 6.01. The van der Waals surface area contributed by atoms with Crippen LogP contribution in [-0.2, 0) is 6.54 Å². The Morgan fingerprint density at radius 2 is 1.67 bits per heavy atom. The number of benzene rings is 1. The van der Waals surface area contributed by atoms with Crippen molar-refractivity contribution in [1.82, 2.24) is 29.7 Å². The number of piperazine rings is 1. The maximum atomic E-state index is 12.8. The van der Waals surface area contributed by atoms with Crippen LogP contribution in [-0.4, -0.2) is 95.7 Å². The molecular weight excluding hydrogens is 574 g/mol. The van der Waals surface area contributed by atoms with Crippen molar-refractivity contribution in [2.75, 3.05) is 69.0 Å². The van der Waals surface area contributed by atoms with Crippen molar-refractivity contribution in [3.8, 4) is 11.1 Å². The first-order valence-electron chi connectivity index (χ1n) is 16.8. The number of pyridine rings is 2. The summed E-state index contributed by atoms with van der Waals surface area (Å²) in [6.45, 7) is 11.5. The molecule has 1 aliphatic heterocycles. The van der Waals surface area contributed by atoms with Crippen molar-refractivity contribution in [2.24, 2.45) is 0 Å². The lowest BCUT2D eigenvalue weighted by atomic mass is 9.89. The van der Waals surface area contributed by atoms with Crippen LogP contribution in [0.15, 0.2) is 47.7 Å². The van der Waals surface area contributed by atoms with Crippen LogP contribution in [0.5, 0.6) is 0 Å². The first kappa shape index (κ1) is 31.9. The van der Waals surface area contributed by atoms with Crippen molar-refractivity contribution < 1.29 is 0 Å². The monoisotopic (exact) mass is 623 g/mol. The molecule has 1 saturated carbocycles. The molecule has 4 aromatic rings. The molecule has 0 spiro atoms. The van der Waals surface area contributed by atoms with E-state index in [-0.39, 0.29) is 5.56 Å². The summed E-state index contributed by atoms with van der Waals surface area (Å²) in [5.74, 6) is 1.75. The molecule has 2 fully saturated rings. The summed E-state index contributed by atoms with van der Waals surface area (Å²) in [6.07, 6.45) is 8.32. The van der Waals surface area contributed by atoms with Gasteiger partial charge >= 0.3 is 0 Å². The van der Waals surface area contributed by atoms with Gasteiger partial charge < -0.3 is 29.9 Å². The van der Waals surface area contributed by atoms with Crippen molar-refractivity contribution >= 4 is 28.2 Å². The van der Waals surface area contributed by atoms with E-state index >= 15 is 0 Å². The third kappa shape index (κ3) is 6.73. The molecule has 2 N–H and O–H groups in total. The summed E-state index contributed by atoms with van der Waals surface area (Å²) in [4.78, 5) is 39.9. The molecule has 2 aliphatic rings. The van der Waals surface area contributed by atoms with Gasteiger partial charge in [0.1, 0.15) is 18.0 Å². The summed E-state index contributed by atoms with van der Waals surface area (Å²) in [6, 6.07) is 11.9. The summed E-state index contributed by atoms with van der Waals surface area (Å²) >= 11 is 0. The van der Waals surface area contributed by atoms with Gasteiger partial charge in [0.05, 0.1) is 11.2 Å². The molecule has 0 bridgehead atoms. The zero-order chi connectivity index (χ0) is 32.4. The van der Waals surface area contributed by atoms with Crippen molar-refractivity contribution in [1.29, 1.82) is 0 Å². The maximum absolute atomic E-state index is 12.8. The Bertz CT molecular complexity index is 1700. The summed E-state index contributed by atoms with van der Waals surface area (Å²) in [5, 5.41) is 4.44. The predicted octanol–water partition coefficient (Wildman–Crippen LogP) is 5.06. The maximum Gasteiger partial charge on any atom is 0.253 e. The lowest BCUT2D eigenvalue weighted by Gasteiger charge is -2.40. The minimum Gasteiger partial charge on any atom is -0.367 e. The van der Waals surface area contributed by atoms with Crippen molar-refractivity contribution in [2.45, 2.75) is 65.1 Å². The predicted molar refractivity (Wildman–Crippen MR) is 189 cm³/mol. The Labute approximate surface area is 272 Å². The summed E-state index contributed by atoms with van der Waals surface area (Å²) < 4.78 is 0. The van der Waals surface area contributed by atoms with Gasteiger partial charge in [-0.05, 0) is 109 Å². The van der Waals surface area contributed by atoms with Gasteiger partial charge in [-0.25, -0.2) is 15.0 Å². The Morgan fingerprint density at radius 1 is 0.935 bits per heavy atom. The third-order valence-electron chi connectivity index (χ3n) is 10.0. The van der Waals surface area contributed by atoms with Gasteiger partial charge in [-0.15, -0.1) is 0 Å². The molecule has 244 valence electrons. The molecule has 46 heavy (non-hydrogen) atoms. The fraction of sp³-hybridized carbons (Fsp3) is 0.500. The minimum atomic E-state index is -0.0678. The van der Waals surface area contributed by atoms with Gasteiger partial charge in [-0.3, -0.25) is 4.79 Å². The van der Waals surface area contributed by atoms with E-state index in [1.165, 1.54) is 12.8 Å². The molecule has 0 unspecified atom stereocenters. The average molecular weight is 624 g/mol. The number of likely N-dealkylation sites (N-methyl/N-ethyl adjacent to an activating group) is 1. The molecule has 0 atom stereocenters. The SMILES string of the molecule is CCN(c1cc(-c2ccc(N3CCN(C)CC3)nc2)cc2c(NCc3c(C)cc(C)[nH]c3=O)ncnc12)C1CCC(N(C)C)CC1. The van der Waals surface area contributed by atoms with Crippen LogP contribution < -0.4 is 20.7 Å². The molecule has 6 rings (SSSR count). The Kier molecular flexibility index (Phi) is 9.56. The Hall–Kier alpha value is -4.02. The van der Waals surface area contributed by atoms with Crippen LogP contribution in [0.4, 0.5) is 17.3 Å². The number of rotatable bonds is 9. The van der Waals surface area contributed by atoms with E-state index < -0.39 is 0 Å². The number of H-pyrrole nitrogens is 1. The molecule has 0 amide bonds. The number of fused-ring (bicyclic) bond motifs is 1. The van der Waals surface area contributed by atoms with E-state index in [0.717, 1.165) is 96.2 Å². The molecule has 1 saturated heterocycles. The lowest BCUT2D eigenvalue weighted by molar-refractivity contribution is 0.214. The second-order valence-corrected chi connectivity index (χ2v) is 13.3. The number of hydrogen-bond donors (Lipinski definition) is 2. The molecule has 10 nitrogen and oxygen atoms in total. The van der Waals surface area contributed by atoms with E-state index in [4.69, 9.17) is 15.0 Å². The summed E-state index contributed by atoms with van der Waals surface area (Å²) in [5.41, 5.74) is 6.67. The van der Waals surface area contributed by atoms with Crippen LogP contribution in [0, 0.1) is 13.8 Å². The topological polar surface area (TPSA) is 96.5 Å². The van der Waals surface area contributed by atoms with Crippen LogP contribution in [0.3, 0.4) is 0 Å². The van der Waals surface area contributed by atoms with Gasteiger partial charge in [0, 0.05) is 79.8 Å². The van der Waals surface area contributed by atoms with Crippen LogP contribution in [0.2, 0.25) is 0 Å². The lowest BCUT2D eigenvalue weighted by Crippen LogP contribution is -2.44. The molecule has 4 heterocycles. The number of anilines is 3. The third-order valence-corrected chi connectivity index (χ3v) is 10.0. The van der Waals surface area contributed by atoms with Crippen molar-refractivity contribution in [3.05, 3.63) is 70.0 Å². The van der Waals surface area contributed by atoms with E-state index in [2.05, 4.69) is 82.2 Å². The highest BCUT2D eigenvalue weighted by Crippen LogP contribution is 2.38. The smallest absolute Gasteiger partial charge is 0.253 e. The second kappa shape index (κ2) is 13.8. The highest BCUT2D eigenvalue weighted by atomic mass is 16.1. The molecule has 1 aromatic carbocycles. The number of hydrogen-bond acceptors (Lipinski definition) is 9. The standard InChI is InChI=1S/C36H49N9O/c1-7-45(29-11-9-28(10-12-29)42(4)5)32-20-27(26-8-13-33(37-21-26)44-16-14-43(6)15-17-44)19-30-34(32)39-23-40-35(30)38-22-31-24(2)18-25(3)41-36(31)46/h8,13,18-21,23,28-29H,7,9-12,14-17,22H2,1-6H3,(H,41,46)(H,38,39,40). The summed E-state index contributed by atoms with van der Waals surface area (Å²) in [7, 11) is 6.56. The largest absolute Gasteiger partial charge is 0.367 e. The minimum absolute atomic E-state index is 0.0678. The molecular formula is C36H49N9O. The van der Waals surface area contributed by atoms with Gasteiger partial charge in [0.25, 0.3) is 5.56 Å². The number of nitrogens with zero attached hydrogens (tertiary/aromatic N) is 7. The quantitative estimate of drug-likeness (QED) is 0.265. The van der Waals surface area contributed by atoms with Crippen LogP contribution in [0.25, 0.3) is 22.0 Å². The first-order chi connectivity index (χ1) is 22.2. The van der Waals surface area contributed by atoms with Crippen LogP contribution in [0.1, 0.15) is 49.4 Å². The second-order valence-electron chi connectivity index (χ2n) is 13.3. The number of aromatic nitrogens is 4. The van der Waals surface area contributed by atoms with Gasteiger partial charge in [-0.1, -0.05) is 0 Å². The van der Waals surface area contributed by atoms with E-state index in [1.54, 1.807) is 6.33 Å². The Morgan fingerprint density at radius 3 is 2.33 bits per heavy atom. The highest BCUT2D eigenvalue weighted by Gasteiger charge is 2.28. The van der Waals surface area contributed by atoms with Crippen molar-refractivity contribution in [3.63, 3.8) is 0 Å². The Balaban J connectivity index is 1.39. The molecule has 10 heteroatoms. The average Bonchev–Trinajstić information content (AvgIpc) is 3.05. The van der Waals surface area contributed by atoms with Gasteiger partial charge in [-0.2, -0.15) is 0 Å². The number of nitrogens with one attached hydrogen (secondary N) is 2. The number of aromatic amines is 1. The van der Waals surface area contributed by atoms with E-state index in [1.807, 2.05) is 26.1 Å². The molecule has 0 radical (unpaired) electrons. The zero-order valence-electron chi connectivity index (χ0n) is 28.3. The van der Waals surface area contributed by atoms with E-state index in [9.17, 15) is 4.79 Å². The molecule has 1 aliphatic carbocycles.